The van der Waals surface area contributed by atoms with E-state index in [0.717, 1.165) is 40.0 Å². The van der Waals surface area contributed by atoms with Gasteiger partial charge in [0.1, 0.15) is 0 Å². The molecule has 3 aromatic rings. The number of nitrogen functional groups attached to an aromatic ring is 2. The molecule has 3 aromatic carbocycles. The van der Waals surface area contributed by atoms with Gasteiger partial charge in [-0.1, -0.05) is 24.3 Å². The number of anilines is 2. The van der Waals surface area contributed by atoms with E-state index in [0.29, 0.717) is 16.9 Å². The summed E-state index contributed by atoms with van der Waals surface area (Å²) in [6, 6.07) is 16.4. The standard InChI is InChI=1S/C21H15F3N2/c22-21(23,24)13-3-1-12(2-4-13)9-18-19-10-14(25)5-7-16(19)17-8-6-15(26)11-20(17)18/h1-11H,25-26H2. The Balaban J connectivity index is 1.87. The van der Waals surface area contributed by atoms with Gasteiger partial charge in [0.25, 0.3) is 0 Å². The van der Waals surface area contributed by atoms with E-state index in [9.17, 15) is 13.2 Å². The maximum Gasteiger partial charge on any atom is 0.416 e. The van der Waals surface area contributed by atoms with Crippen LogP contribution in [0.15, 0.2) is 60.7 Å². The van der Waals surface area contributed by atoms with E-state index >= 15 is 0 Å². The zero-order valence-corrected chi connectivity index (χ0v) is 13.6. The molecule has 0 fully saturated rings. The first-order chi connectivity index (χ1) is 12.3. The minimum Gasteiger partial charge on any atom is -0.399 e. The van der Waals surface area contributed by atoms with Gasteiger partial charge in [-0.25, -0.2) is 0 Å². The van der Waals surface area contributed by atoms with Crippen molar-refractivity contribution in [3.05, 3.63) is 82.9 Å². The first kappa shape index (κ1) is 16.3. The molecule has 0 saturated carbocycles. The van der Waals surface area contributed by atoms with E-state index in [4.69, 9.17) is 11.5 Å². The second kappa shape index (κ2) is 5.66. The number of fused-ring (bicyclic) bond motifs is 3. The Labute approximate surface area is 148 Å². The van der Waals surface area contributed by atoms with Crippen molar-refractivity contribution < 1.29 is 13.2 Å². The van der Waals surface area contributed by atoms with Crippen LogP contribution in [0, 0.1) is 0 Å². The highest BCUT2D eigenvalue weighted by Crippen LogP contribution is 2.46. The number of benzene rings is 3. The summed E-state index contributed by atoms with van der Waals surface area (Å²) < 4.78 is 38.3. The Hall–Kier alpha value is -3.21. The highest BCUT2D eigenvalue weighted by Gasteiger charge is 2.30. The summed E-state index contributed by atoms with van der Waals surface area (Å²) in [5.41, 5.74) is 18.0. The predicted octanol–water partition coefficient (Wildman–Crippen LogP) is 5.44. The summed E-state index contributed by atoms with van der Waals surface area (Å²) in [5, 5.41) is 0. The molecule has 4 rings (SSSR count). The molecule has 0 aliphatic heterocycles. The van der Waals surface area contributed by atoms with Crippen LogP contribution in [0.5, 0.6) is 0 Å². The van der Waals surface area contributed by atoms with Crippen LogP contribution >= 0.6 is 0 Å². The second-order valence-corrected chi connectivity index (χ2v) is 6.29. The lowest BCUT2D eigenvalue weighted by Gasteiger charge is -2.08. The Bertz CT molecular complexity index is 979. The van der Waals surface area contributed by atoms with Crippen LogP contribution in [0.25, 0.3) is 22.8 Å². The second-order valence-electron chi connectivity index (χ2n) is 6.29. The molecule has 4 N–H and O–H groups in total. The fraction of sp³-hybridized carbons (Fsp3) is 0.0476. The van der Waals surface area contributed by atoms with E-state index in [-0.39, 0.29) is 0 Å². The van der Waals surface area contributed by atoms with Gasteiger partial charge in [0.05, 0.1) is 5.56 Å². The highest BCUT2D eigenvalue weighted by molar-refractivity contribution is 6.07. The zero-order chi connectivity index (χ0) is 18.5. The molecule has 130 valence electrons. The Morgan fingerprint density at radius 3 is 1.62 bits per heavy atom. The van der Waals surface area contributed by atoms with Crippen LogP contribution in [0.3, 0.4) is 0 Å². The molecular formula is C21H15F3N2. The van der Waals surface area contributed by atoms with Crippen LogP contribution in [-0.2, 0) is 6.18 Å². The minimum atomic E-state index is -4.35. The van der Waals surface area contributed by atoms with Crippen molar-refractivity contribution >= 4 is 23.0 Å². The van der Waals surface area contributed by atoms with Crippen LogP contribution < -0.4 is 11.5 Å². The third-order valence-corrected chi connectivity index (χ3v) is 4.51. The molecule has 26 heavy (non-hydrogen) atoms. The van der Waals surface area contributed by atoms with Crippen molar-refractivity contribution in [2.45, 2.75) is 6.18 Å². The smallest absolute Gasteiger partial charge is 0.399 e. The Morgan fingerprint density at radius 2 is 1.15 bits per heavy atom. The van der Waals surface area contributed by atoms with Crippen LogP contribution in [0.4, 0.5) is 24.5 Å². The van der Waals surface area contributed by atoms with Crippen molar-refractivity contribution in [2.75, 3.05) is 11.5 Å². The normalized spacial score (nSPS) is 12.7. The maximum absolute atomic E-state index is 12.8. The summed E-state index contributed by atoms with van der Waals surface area (Å²) in [4.78, 5) is 0. The SMILES string of the molecule is Nc1ccc2c(c1)C(=Cc1ccc(C(F)(F)F)cc1)c1cc(N)ccc1-2. The minimum absolute atomic E-state index is 0.628. The van der Waals surface area contributed by atoms with E-state index in [1.54, 1.807) is 0 Å². The molecule has 0 spiro atoms. The number of halogens is 3. The van der Waals surface area contributed by atoms with Gasteiger partial charge in [-0.15, -0.1) is 0 Å². The van der Waals surface area contributed by atoms with E-state index < -0.39 is 11.7 Å². The van der Waals surface area contributed by atoms with E-state index in [1.807, 2.05) is 42.5 Å². The topological polar surface area (TPSA) is 52.0 Å². The van der Waals surface area contributed by atoms with Crippen LogP contribution in [0.2, 0.25) is 0 Å². The molecule has 0 saturated heterocycles. The molecule has 0 bridgehead atoms. The Morgan fingerprint density at radius 1 is 0.654 bits per heavy atom. The fourth-order valence-corrected chi connectivity index (χ4v) is 3.27. The van der Waals surface area contributed by atoms with Gasteiger partial charge in [0.15, 0.2) is 0 Å². The van der Waals surface area contributed by atoms with Gasteiger partial charge in [0, 0.05) is 11.4 Å². The lowest BCUT2D eigenvalue weighted by Crippen LogP contribution is -2.04. The van der Waals surface area contributed by atoms with Crippen molar-refractivity contribution in [1.29, 1.82) is 0 Å². The molecule has 1 aliphatic rings. The molecule has 0 radical (unpaired) electrons. The predicted molar refractivity (Wildman–Crippen MR) is 99.1 cm³/mol. The molecule has 1 aliphatic carbocycles. The quantitative estimate of drug-likeness (QED) is 0.448. The molecule has 0 atom stereocenters. The number of hydrogen-bond acceptors (Lipinski definition) is 2. The first-order valence-corrected chi connectivity index (χ1v) is 8.02. The summed E-state index contributed by atoms with van der Waals surface area (Å²) in [6.45, 7) is 0. The largest absolute Gasteiger partial charge is 0.416 e. The highest BCUT2D eigenvalue weighted by atomic mass is 19.4. The lowest BCUT2D eigenvalue weighted by molar-refractivity contribution is -0.137. The number of rotatable bonds is 1. The van der Waals surface area contributed by atoms with Crippen molar-refractivity contribution in [3.63, 3.8) is 0 Å². The van der Waals surface area contributed by atoms with Gasteiger partial charge in [-0.05, 0) is 75.9 Å². The van der Waals surface area contributed by atoms with Gasteiger partial charge in [0.2, 0.25) is 0 Å². The average Bonchev–Trinajstić information content (AvgIpc) is 2.87. The molecule has 0 amide bonds. The molecule has 0 aromatic heterocycles. The Kier molecular flexibility index (Phi) is 3.54. The fourth-order valence-electron chi connectivity index (χ4n) is 3.27. The number of alkyl halides is 3. The summed E-state index contributed by atoms with van der Waals surface area (Å²) in [6.07, 6.45) is -2.48. The third kappa shape index (κ3) is 2.71. The summed E-state index contributed by atoms with van der Waals surface area (Å²) in [5.74, 6) is 0. The van der Waals surface area contributed by atoms with E-state index in [2.05, 4.69) is 0 Å². The van der Waals surface area contributed by atoms with E-state index in [1.165, 1.54) is 12.1 Å². The molecule has 5 heteroatoms. The average molecular weight is 352 g/mol. The monoisotopic (exact) mass is 352 g/mol. The zero-order valence-electron chi connectivity index (χ0n) is 13.6. The van der Waals surface area contributed by atoms with Crippen molar-refractivity contribution in [3.8, 4) is 11.1 Å². The molecular weight excluding hydrogens is 337 g/mol. The first-order valence-electron chi connectivity index (χ1n) is 8.02. The number of hydrogen-bond donors (Lipinski definition) is 2. The molecule has 0 heterocycles. The molecule has 2 nitrogen and oxygen atoms in total. The maximum atomic E-state index is 12.8. The van der Waals surface area contributed by atoms with Gasteiger partial charge in [-0.3, -0.25) is 0 Å². The molecule has 0 unspecified atom stereocenters. The summed E-state index contributed by atoms with van der Waals surface area (Å²) in [7, 11) is 0. The lowest BCUT2D eigenvalue weighted by atomic mass is 10.00. The van der Waals surface area contributed by atoms with Crippen molar-refractivity contribution in [2.24, 2.45) is 0 Å². The third-order valence-electron chi connectivity index (χ3n) is 4.51. The van der Waals surface area contributed by atoms with Gasteiger partial charge in [-0.2, -0.15) is 13.2 Å². The van der Waals surface area contributed by atoms with Gasteiger partial charge >= 0.3 is 6.18 Å². The summed E-state index contributed by atoms with van der Waals surface area (Å²) >= 11 is 0. The van der Waals surface area contributed by atoms with Crippen molar-refractivity contribution in [1.82, 2.24) is 0 Å². The van der Waals surface area contributed by atoms with Crippen LogP contribution in [-0.4, -0.2) is 0 Å². The van der Waals surface area contributed by atoms with Crippen LogP contribution in [0.1, 0.15) is 22.3 Å². The van der Waals surface area contributed by atoms with Gasteiger partial charge < -0.3 is 11.5 Å². The number of nitrogens with two attached hydrogens (primary N) is 2.